The summed E-state index contributed by atoms with van der Waals surface area (Å²) in [4.78, 5) is 13.2. The van der Waals surface area contributed by atoms with Crippen molar-refractivity contribution in [1.82, 2.24) is 0 Å². The quantitative estimate of drug-likeness (QED) is 0.0959. The molecule has 0 aliphatic heterocycles. The Morgan fingerprint density at radius 3 is 2.28 bits per heavy atom. The van der Waals surface area contributed by atoms with Gasteiger partial charge in [0.05, 0.1) is 12.2 Å². The molecule has 0 saturated heterocycles. The molecule has 8 atom stereocenters. The van der Waals surface area contributed by atoms with Crippen LogP contribution in [0.2, 0.25) is 0 Å². The summed E-state index contributed by atoms with van der Waals surface area (Å²) < 4.78 is 12.1. The number of hydrogen-bond acceptors (Lipinski definition) is 3. The highest BCUT2D eigenvalue weighted by Crippen LogP contribution is 2.67. The van der Waals surface area contributed by atoms with Crippen LogP contribution >= 0.6 is 0 Å². The van der Waals surface area contributed by atoms with Crippen molar-refractivity contribution < 1.29 is 14.3 Å². The van der Waals surface area contributed by atoms with Gasteiger partial charge in [-0.15, -0.1) is 0 Å². The Kier molecular flexibility index (Phi) is 13.0. The Labute approximate surface area is 289 Å². The largest absolute Gasteiger partial charge is 0.494 e. The summed E-state index contributed by atoms with van der Waals surface area (Å²) in [6.07, 6.45) is 27.2. The number of fused-ring (bicyclic) bond motifs is 5. The molecule has 4 aliphatic carbocycles. The van der Waals surface area contributed by atoms with E-state index in [1.807, 2.05) is 24.3 Å². The van der Waals surface area contributed by atoms with Crippen molar-refractivity contribution in [3.63, 3.8) is 0 Å². The molecule has 0 unspecified atom stereocenters. The standard InChI is InChI=1S/C44H70O3/c1-7-8-9-10-11-12-13-14-30-46-36-21-18-34(19-22-36)42(45)47-37-26-28-43(5)35(31-37)20-23-38-40-25-24-39(33(4)17-15-16-32(2)3)44(40,6)29-27-41(38)43/h18-22,32-33,37-41H,7-17,23-31H2,1-6H3/t33-,37-,38+,39-,40+,41+,43-,44-/m0/s1. The third-order valence-electron chi connectivity index (χ3n) is 13.9. The lowest BCUT2D eigenvalue weighted by atomic mass is 9.47. The molecule has 47 heavy (non-hydrogen) atoms. The highest BCUT2D eigenvalue weighted by Gasteiger charge is 2.59. The first-order valence-electron chi connectivity index (χ1n) is 20.3. The van der Waals surface area contributed by atoms with Gasteiger partial charge in [0.25, 0.3) is 0 Å². The van der Waals surface area contributed by atoms with E-state index in [4.69, 9.17) is 9.47 Å². The van der Waals surface area contributed by atoms with E-state index in [0.29, 0.717) is 11.0 Å². The van der Waals surface area contributed by atoms with Crippen LogP contribution in [0.3, 0.4) is 0 Å². The van der Waals surface area contributed by atoms with Crippen molar-refractivity contribution in [2.45, 2.75) is 170 Å². The molecule has 3 fully saturated rings. The van der Waals surface area contributed by atoms with Crippen molar-refractivity contribution in [2.24, 2.45) is 46.3 Å². The van der Waals surface area contributed by atoms with Crippen molar-refractivity contribution in [3.8, 4) is 5.75 Å². The second-order valence-electron chi connectivity index (χ2n) is 17.4. The van der Waals surface area contributed by atoms with Gasteiger partial charge in [0, 0.05) is 6.42 Å². The number of allylic oxidation sites excluding steroid dienone is 1. The minimum absolute atomic E-state index is 0.00678. The molecule has 5 rings (SSSR count). The smallest absolute Gasteiger partial charge is 0.338 e. The molecule has 0 N–H and O–H groups in total. The zero-order valence-electron chi connectivity index (χ0n) is 31.3. The van der Waals surface area contributed by atoms with Gasteiger partial charge in [-0.3, -0.25) is 0 Å². The molecule has 1 aromatic carbocycles. The molecular weight excluding hydrogens is 576 g/mol. The summed E-state index contributed by atoms with van der Waals surface area (Å²) in [6, 6.07) is 7.61. The first-order valence-corrected chi connectivity index (χ1v) is 20.3. The fraction of sp³-hybridized carbons (Fsp3) is 0.795. The zero-order valence-corrected chi connectivity index (χ0v) is 31.3. The van der Waals surface area contributed by atoms with Crippen molar-refractivity contribution in [3.05, 3.63) is 41.5 Å². The summed E-state index contributed by atoms with van der Waals surface area (Å²) in [7, 11) is 0. The van der Waals surface area contributed by atoms with Crippen molar-refractivity contribution >= 4 is 5.97 Å². The minimum Gasteiger partial charge on any atom is -0.494 e. The van der Waals surface area contributed by atoms with E-state index in [0.717, 1.165) is 73.5 Å². The van der Waals surface area contributed by atoms with Gasteiger partial charge in [-0.1, -0.05) is 117 Å². The van der Waals surface area contributed by atoms with E-state index in [-0.39, 0.29) is 17.5 Å². The molecule has 0 radical (unpaired) electrons. The molecule has 0 spiro atoms. The van der Waals surface area contributed by atoms with Crippen molar-refractivity contribution in [1.29, 1.82) is 0 Å². The molecule has 3 nitrogen and oxygen atoms in total. The summed E-state index contributed by atoms with van der Waals surface area (Å²) in [6.45, 7) is 15.6. The van der Waals surface area contributed by atoms with Crippen LogP contribution in [-0.4, -0.2) is 18.7 Å². The highest BCUT2D eigenvalue weighted by atomic mass is 16.5. The Hall–Kier alpha value is -1.77. The molecule has 0 heterocycles. The summed E-state index contributed by atoms with van der Waals surface area (Å²) in [5, 5.41) is 0. The van der Waals surface area contributed by atoms with Crippen LogP contribution in [0.25, 0.3) is 0 Å². The number of ether oxygens (including phenoxy) is 2. The third kappa shape index (κ3) is 8.70. The van der Waals surface area contributed by atoms with Gasteiger partial charge in [0.2, 0.25) is 0 Å². The van der Waals surface area contributed by atoms with Gasteiger partial charge in [-0.05, 0) is 122 Å². The fourth-order valence-electron chi connectivity index (χ4n) is 11.1. The lowest BCUT2D eigenvalue weighted by molar-refractivity contribution is -0.0594. The van der Waals surface area contributed by atoms with Gasteiger partial charge < -0.3 is 9.47 Å². The Morgan fingerprint density at radius 1 is 0.830 bits per heavy atom. The van der Waals surface area contributed by atoms with E-state index >= 15 is 0 Å². The maximum atomic E-state index is 13.2. The second kappa shape index (κ2) is 16.8. The SMILES string of the molecule is CCCCCCCCCCOc1ccc(C(=O)O[C@H]2CC[C@@]3(C)C(=CC[C@@H]4[C@H]5CC[C@@H]([C@@H](C)CCCC(C)C)[C@]5(C)CC[C@H]43)C2)cc1. The average Bonchev–Trinajstić information content (AvgIpc) is 3.41. The zero-order chi connectivity index (χ0) is 33.4. The Balaban J connectivity index is 1.09. The summed E-state index contributed by atoms with van der Waals surface area (Å²) in [5.74, 6) is 5.78. The van der Waals surface area contributed by atoms with Gasteiger partial charge >= 0.3 is 5.97 Å². The van der Waals surface area contributed by atoms with Gasteiger partial charge in [0.15, 0.2) is 0 Å². The highest BCUT2D eigenvalue weighted by molar-refractivity contribution is 5.89. The number of carbonyl (C=O) groups is 1. The average molecular weight is 647 g/mol. The van der Waals surface area contributed by atoms with Crippen LogP contribution in [0.5, 0.6) is 5.75 Å². The van der Waals surface area contributed by atoms with Crippen LogP contribution < -0.4 is 4.74 Å². The van der Waals surface area contributed by atoms with E-state index in [1.54, 1.807) is 5.57 Å². The molecule has 1 aromatic rings. The number of rotatable bonds is 17. The lowest BCUT2D eigenvalue weighted by Crippen LogP contribution is -2.51. The summed E-state index contributed by atoms with van der Waals surface area (Å²) >= 11 is 0. The van der Waals surface area contributed by atoms with Gasteiger partial charge in [-0.25, -0.2) is 4.79 Å². The van der Waals surface area contributed by atoms with Crippen LogP contribution in [0, 0.1) is 46.3 Å². The Bertz CT molecular complexity index is 1150. The van der Waals surface area contributed by atoms with Crippen molar-refractivity contribution in [2.75, 3.05) is 6.61 Å². The summed E-state index contributed by atoms with van der Waals surface area (Å²) in [5.41, 5.74) is 3.03. The number of carbonyl (C=O) groups excluding carboxylic acids is 1. The maximum Gasteiger partial charge on any atom is 0.338 e. The number of esters is 1. The Morgan fingerprint density at radius 2 is 1.55 bits per heavy atom. The monoisotopic (exact) mass is 647 g/mol. The van der Waals surface area contributed by atoms with E-state index < -0.39 is 0 Å². The number of unbranched alkanes of at least 4 members (excludes halogenated alkanes) is 7. The van der Waals surface area contributed by atoms with E-state index in [2.05, 4.69) is 47.6 Å². The van der Waals surface area contributed by atoms with Gasteiger partial charge in [0.1, 0.15) is 11.9 Å². The number of hydrogen-bond donors (Lipinski definition) is 0. The van der Waals surface area contributed by atoms with Crippen LogP contribution in [0.1, 0.15) is 174 Å². The molecule has 3 saturated carbocycles. The molecule has 4 aliphatic rings. The minimum atomic E-state index is -0.185. The first-order chi connectivity index (χ1) is 22.7. The molecule has 0 aromatic heterocycles. The lowest BCUT2D eigenvalue weighted by Gasteiger charge is -2.58. The normalized spacial score (nSPS) is 32.2. The second-order valence-corrected chi connectivity index (χ2v) is 17.4. The third-order valence-corrected chi connectivity index (χ3v) is 13.9. The van der Waals surface area contributed by atoms with Crippen LogP contribution in [-0.2, 0) is 4.74 Å². The molecule has 0 bridgehead atoms. The fourth-order valence-corrected chi connectivity index (χ4v) is 11.1. The molecule has 264 valence electrons. The molecular formula is C44H70O3. The van der Waals surface area contributed by atoms with Crippen LogP contribution in [0.15, 0.2) is 35.9 Å². The predicted molar refractivity (Wildman–Crippen MR) is 197 cm³/mol. The predicted octanol–water partition coefficient (Wildman–Crippen LogP) is 12.8. The number of benzene rings is 1. The van der Waals surface area contributed by atoms with Crippen LogP contribution in [0.4, 0.5) is 0 Å². The molecule has 3 heteroatoms. The van der Waals surface area contributed by atoms with E-state index in [9.17, 15) is 4.79 Å². The molecule has 0 amide bonds. The first kappa shape index (κ1) is 36.5. The topological polar surface area (TPSA) is 35.5 Å². The van der Waals surface area contributed by atoms with E-state index in [1.165, 1.54) is 96.3 Å². The van der Waals surface area contributed by atoms with Gasteiger partial charge in [-0.2, -0.15) is 0 Å². The maximum absolute atomic E-state index is 13.2.